The summed E-state index contributed by atoms with van der Waals surface area (Å²) in [4.78, 5) is 0. The molecule has 0 bridgehead atoms. The van der Waals surface area contributed by atoms with Crippen LogP contribution < -0.4 is 0 Å². The van der Waals surface area contributed by atoms with Gasteiger partial charge in [-0.05, 0) is 25.2 Å². The molecular formula is C12H27ClOSi. The van der Waals surface area contributed by atoms with Crippen molar-refractivity contribution in [2.75, 3.05) is 12.5 Å². The number of alkyl halides is 1. The average Bonchev–Trinajstić information content (AvgIpc) is 2.27. The van der Waals surface area contributed by atoms with E-state index in [4.69, 9.17) is 16.0 Å². The van der Waals surface area contributed by atoms with Crippen molar-refractivity contribution in [3.8, 4) is 0 Å². The van der Waals surface area contributed by atoms with Crippen molar-refractivity contribution in [3.63, 3.8) is 0 Å². The first-order valence-corrected chi connectivity index (χ1v) is 9.01. The summed E-state index contributed by atoms with van der Waals surface area (Å²) in [6.45, 7) is 5.46. The number of unbranched alkanes of at least 4 members (excludes halogenated alkanes) is 3. The van der Waals surface area contributed by atoms with Gasteiger partial charge >= 0.3 is 0 Å². The van der Waals surface area contributed by atoms with Gasteiger partial charge in [0, 0.05) is 12.5 Å². The molecule has 0 N–H and O–H groups in total. The molecule has 0 saturated heterocycles. The van der Waals surface area contributed by atoms with Gasteiger partial charge < -0.3 is 4.43 Å². The van der Waals surface area contributed by atoms with Gasteiger partial charge in [-0.25, -0.2) is 0 Å². The van der Waals surface area contributed by atoms with E-state index in [1.54, 1.807) is 0 Å². The molecule has 0 aliphatic heterocycles. The minimum Gasteiger partial charge on any atom is -0.424 e. The monoisotopic (exact) mass is 250 g/mol. The topological polar surface area (TPSA) is 9.23 Å². The zero-order valence-corrected chi connectivity index (χ0v) is 12.6. The predicted molar refractivity (Wildman–Crippen MR) is 72.6 cm³/mol. The maximum atomic E-state index is 5.73. The molecule has 1 atom stereocenters. The van der Waals surface area contributed by atoms with Gasteiger partial charge in [0.05, 0.1) is 0 Å². The van der Waals surface area contributed by atoms with E-state index in [1.807, 2.05) is 0 Å². The van der Waals surface area contributed by atoms with Gasteiger partial charge in [0.2, 0.25) is 0 Å². The van der Waals surface area contributed by atoms with E-state index in [-0.39, 0.29) is 9.76 Å². The van der Waals surface area contributed by atoms with E-state index in [9.17, 15) is 0 Å². The molecule has 0 heterocycles. The highest BCUT2D eigenvalue weighted by molar-refractivity contribution is 6.24. The van der Waals surface area contributed by atoms with Crippen molar-refractivity contribution in [2.24, 2.45) is 5.92 Å². The van der Waals surface area contributed by atoms with Crippen LogP contribution in [-0.2, 0) is 4.43 Å². The Balaban J connectivity index is 3.49. The minimum atomic E-state index is -0.218. The first-order valence-electron chi connectivity index (χ1n) is 6.48. The highest BCUT2D eigenvalue weighted by Gasteiger charge is 2.07. The largest absolute Gasteiger partial charge is 0.424 e. The predicted octanol–water partition coefficient (Wildman–Crippen LogP) is 3.74. The summed E-state index contributed by atoms with van der Waals surface area (Å²) in [5, 5.41) is 0. The quantitative estimate of drug-likeness (QED) is 0.308. The Labute approximate surface area is 103 Å². The lowest BCUT2D eigenvalue weighted by Gasteiger charge is -2.16. The summed E-state index contributed by atoms with van der Waals surface area (Å²) in [5.41, 5.74) is 0. The fourth-order valence-electron chi connectivity index (χ4n) is 1.82. The highest BCUT2D eigenvalue weighted by Crippen LogP contribution is 2.17. The third-order valence-electron chi connectivity index (χ3n) is 2.77. The fraction of sp³-hybridized carbons (Fsp3) is 1.00. The van der Waals surface area contributed by atoms with E-state index in [0.29, 0.717) is 0 Å². The van der Waals surface area contributed by atoms with E-state index < -0.39 is 0 Å². The van der Waals surface area contributed by atoms with Crippen molar-refractivity contribution < 1.29 is 4.43 Å². The van der Waals surface area contributed by atoms with Gasteiger partial charge in [0.25, 0.3) is 0 Å². The lowest BCUT2D eigenvalue weighted by atomic mass is 9.97. The Bertz CT molecular complexity index is 114. The maximum absolute atomic E-state index is 5.73. The minimum absolute atomic E-state index is 0.218. The lowest BCUT2D eigenvalue weighted by Crippen LogP contribution is -2.11. The van der Waals surface area contributed by atoms with Gasteiger partial charge in [0.15, 0.2) is 9.76 Å². The van der Waals surface area contributed by atoms with E-state index >= 15 is 0 Å². The summed E-state index contributed by atoms with van der Waals surface area (Å²) < 4.78 is 5.65. The molecule has 0 aliphatic carbocycles. The second kappa shape index (κ2) is 12.5. The number of rotatable bonds is 11. The van der Waals surface area contributed by atoms with Crippen LogP contribution in [0.4, 0.5) is 0 Å². The third kappa shape index (κ3) is 10.7. The molecule has 0 aromatic rings. The van der Waals surface area contributed by atoms with Gasteiger partial charge in [-0.15, -0.1) is 11.6 Å². The van der Waals surface area contributed by atoms with Crippen molar-refractivity contribution in [1.29, 1.82) is 0 Å². The second-order valence-electron chi connectivity index (χ2n) is 4.21. The van der Waals surface area contributed by atoms with Gasteiger partial charge in [-0.3, -0.25) is 0 Å². The Morgan fingerprint density at radius 2 is 1.87 bits per heavy atom. The summed E-state index contributed by atoms with van der Waals surface area (Å²) in [5.74, 6) is 1.57. The second-order valence-corrected chi connectivity index (χ2v) is 5.57. The normalized spacial score (nSPS) is 13.8. The number of hydrogen-bond donors (Lipinski definition) is 0. The molecule has 3 heteroatoms. The summed E-state index contributed by atoms with van der Waals surface area (Å²) in [6, 6.07) is 0. The molecule has 0 aliphatic rings. The molecule has 0 aromatic carbocycles. The number of halogens is 1. The van der Waals surface area contributed by atoms with Crippen LogP contribution in [0, 0.1) is 5.92 Å². The van der Waals surface area contributed by atoms with Crippen molar-refractivity contribution in [2.45, 2.75) is 58.4 Å². The van der Waals surface area contributed by atoms with Gasteiger partial charge in [-0.2, -0.15) is 0 Å². The first-order chi connectivity index (χ1) is 7.35. The Hall–Kier alpha value is 0.467. The van der Waals surface area contributed by atoms with Crippen molar-refractivity contribution in [3.05, 3.63) is 0 Å². The maximum Gasteiger partial charge on any atom is 0.158 e. The van der Waals surface area contributed by atoms with Crippen LogP contribution >= 0.6 is 11.6 Å². The van der Waals surface area contributed by atoms with Crippen LogP contribution in [0.3, 0.4) is 0 Å². The molecule has 0 amide bonds. The molecule has 0 fully saturated rings. The molecule has 1 unspecified atom stereocenters. The molecule has 1 nitrogen and oxygen atoms in total. The van der Waals surface area contributed by atoms with E-state index in [0.717, 1.165) is 24.8 Å². The Kier molecular flexibility index (Phi) is 12.9. The molecule has 0 aromatic heterocycles. The van der Waals surface area contributed by atoms with Crippen LogP contribution in [0.2, 0.25) is 6.55 Å². The Morgan fingerprint density at radius 3 is 2.47 bits per heavy atom. The SMILES string of the molecule is CCCCCCC(CCCCl)CO[SiH2]C. The molecular weight excluding hydrogens is 224 g/mol. The molecule has 15 heavy (non-hydrogen) atoms. The third-order valence-corrected chi connectivity index (χ3v) is 3.68. The van der Waals surface area contributed by atoms with Gasteiger partial charge in [0.1, 0.15) is 0 Å². The van der Waals surface area contributed by atoms with Crippen molar-refractivity contribution in [1.82, 2.24) is 0 Å². The lowest BCUT2D eigenvalue weighted by molar-refractivity contribution is 0.238. The molecule has 0 radical (unpaired) electrons. The fourth-order valence-corrected chi connectivity index (χ4v) is 2.54. The van der Waals surface area contributed by atoms with Crippen LogP contribution in [0.5, 0.6) is 0 Å². The Morgan fingerprint density at radius 1 is 1.13 bits per heavy atom. The average molecular weight is 251 g/mol. The number of hydrogen-bond acceptors (Lipinski definition) is 1. The van der Waals surface area contributed by atoms with Gasteiger partial charge in [-0.1, -0.05) is 39.2 Å². The molecule has 0 spiro atoms. The standard InChI is InChI=1S/C12H27ClOSi/c1-3-4-5-6-8-12(9-7-10-13)11-14-15-2/h12H,3-11,15H2,1-2H3. The highest BCUT2D eigenvalue weighted by atomic mass is 35.5. The van der Waals surface area contributed by atoms with Crippen LogP contribution in [0.1, 0.15) is 51.9 Å². The molecule has 92 valence electrons. The zero-order chi connectivity index (χ0) is 11.4. The molecule has 0 rings (SSSR count). The van der Waals surface area contributed by atoms with E-state index in [1.165, 1.54) is 38.5 Å². The van der Waals surface area contributed by atoms with Crippen LogP contribution in [0.25, 0.3) is 0 Å². The van der Waals surface area contributed by atoms with Crippen LogP contribution in [-0.4, -0.2) is 22.3 Å². The van der Waals surface area contributed by atoms with E-state index in [2.05, 4.69) is 13.5 Å². The summed E-state index contributed by atoms with van der Waals surface area (Å²) >= 11 is 5.73. The smallest absolute Gasteiger partial charge is 0.158 e. The summed E-state index contributed by atoms with van der Waals surface area (Å²) in [7, 11) is -0.218. The summed E-state index contributed by atoms with van der Waals surface area (Å²) in [6.07, 6.45) is 9.20. The van der Waals surface area contributed by atoms with Crippen LogP contribution in [0.15, 0.2) is 0 Å². The van der Waals surface area contributed by atoms with Crippen molar-refractivity contribution >= 4 is 21.4 Å². The zero-order valence-electron chi connectivity index (χ0n) is 10.4. The first kappa shape index (κ1) is 15.5. The molecule has 0 saturated carbocycles.